The Hall–Kier alpha value is -2.45. The van der Waals surface area contributed by atoms with Gasteiger partial charge in [-0.25, -0.2) is 0 Å². The third kappa shape index (κ3) is 7.01. The topological polar surface area (TPSA) is 78.1 Å². The molecule has 12 heteroatoms. The number of thiazole rings is 1. The van der Waals surface area contributed by atoms with Crippen LogP contribution in [0.3, 0.4) is 0 Å². The average molecular weight is 593 g/mol. The molecule has 178 valence electrons. The molecule has 0 saturated heterocycles. The first kappa shape index (κ1) is 25.2. The number of benzene rings is 1. The molecule has 0 spiro atoms. The number of rotatable bonds is 7. The number of anilines is 2. The van der Waals surface area contributed by atoms with Crippen molar-refractivity contribution >= 4 is 28.2 Å². The van der Waals surface area contributed by atoms with Crippen LogP contribution in [0.15, 0.2) is 52.8 Å². The molecule has 0 aliphatic rings. The van der Waals surface area contributed by atoms with E-state index in [9.17, 15) is 22.8 Å². The van der Waals surface area contributed by atoms with Gasteiger partial charge in [0, 0.05) is 0 Å². The Morgan fingerprint density at radius 3 is 2.67 bits per heavy atom. The predicted molar refractivity (Wildman–Crippen MR) is 118 cm³/mol. The van der Waals surface area contributed by atoms with Crippen molar-refractivity contribution in [3.05, 3.63) is 63.9 Å². The van der Waals surface area contributed by atoms with E-state index in [-0.39, 0.29) is 37.9 Å². The van der Waals surface area contributed by atoms with Crippen LogP contribution in [-0.2, 0) is 6.18 Å². The number of halogens is 4. The third-order valence-corrected chi connectivity index (χ3v) is 8.10. The van der Waals surface area contributed by atoms with Gasteiger partial charge in [-0.05, 0) is 0 Å². The summed E-state index contributed by atoms with van der Waals surface area (Å²) in [5.74, 6) is 0. The molecule has 3 aromatic rings. The number of carbonyl (C=O) groups is 1. The van der Waals surface area contributed by atoms with Crippen LogP contribution >= 0.6 is 11.3 Å². The van der Waals surface area contributed by atoms with Gasteiger partial charge in [0.25, 0.3) is 0 Å². The number of carbonyl (C=O) groups excluding carboxylic acids is 1. The second-order valence-corrected chi connectivity index (χ2v) is 13.2. The van der Waals surface area contributed by atoms with Gasteiger partial charge in [0.05, 0.1) is 0 Å². The number of aromatic nitrogens is 2. The minimum atomic E-state index is -4.55. The van der Waals surface area contributed by atoms with Crippen molar-refractivity contribution in [3.8, 4) is 11.3 Å². The number of quaternary nitrogens is 1. The molecule has 7 nitrogen and oxygen atoms in total. The van der Waals surface area contributed by atoms with Crippen LogP contribution in [0.5, 0.6) is 0 Å². The fraction of sp³-hybridized carbons (Fsp3) is 0.286. The molecule has 0 atom stereocenters. The van der Waals surface area contributed by atoms with Gasteiger partial charge in [-0.3, -0.25) is 0 Å². The van der Waals surface area contributed by atoms with Gasteiger partial charge in [-0.2, -0.15) is 0 Å². The van der Waals surface area contributed by atoms with E-state index in [1.807, 2.05) is 0 Å². The van der Waals surface area contributed by atoms with Crippen molar-refractivity contribution in [2.75, 3.05) is 37.0 Å². The van der Waals surface area contributed by atoms with Crippen LogP contribution in [0.2, 0.25) is 0 Å². The number of hydrogen-bond donors (Lipinski definition) is 2. The first-order valence-electron chi connectivity index (χ1n) is 9.76. The molecule has 2 aromatic heterocycles. The molecule has 0 unspecified atom stereocenters. The molecule has 33 heavy (non-hydrogen) atoms. The van der Waals surface area contributed by atoms with Crippen molar-refractivity contribution in [3.63, 3.8) is 0 Å². The van der Waals surface area contributed by atoms with Crippen LogP contribution in [0.4, 0.5) is 28.8 Å². The van der Waals surface area contributed by atoms with Crippen molar-refractivity contribution < 1.29 is 42.1 Å². The van der Waals surface area contributed by atoms with E-state index < -0.39 is 17.8 Å². The van der Waals surface area contributed by atoms with Gasteiger partial charge in [0.15, 0.2) is 0 Å². The molecule has 0 fully saturated rings. The molecule has 2 amide bonds. The monoisotopic (exact) mass is 593 g/mol. The van der Waals surface area contributed by atoms with E-state index >= 15 is 0 Å². The fourth-order valence-electron chi connectivity index (χ4n) is 2.77. The maximum atomic E-state index is 13.3. The van der Waals surface area contributed by atoms with Gasteiger partial charge >= 0.3 is 204 Å². The van der Waals surface area contributed by atoms with E-state index in [0.717, 1.165) is 35.5 Å². The Morgan fingerprint density at radius 2 is 2.00 bits per heavy atom. The van der Waals surface area contributed by atoms with Gasteiger partial charge in [0.1, 0.15) is 0 Å². The van der Waals surface area contributed by atoms with E-state index in [2.05, 4.69) is 36.4 Å². The second-order valence-electron chi connectivity index (χ2n) is 7.73. The Morgan fingerprint density at radius 1 is 1.24 bits per heavy atom. The Labute approximate surface area is 203 Å². The Balaban J connectivity index is 1.93. The minimum absolute atomic E-state index is 0.0513. The molecular weight excluding hydrogens is 570 g/mol. The summed E-state index contributed by atoms with van der Waals surface area (Å²) in [6.45, 7) is 0.406. The van der Waals surface area contributed by atoms with Crippen LogP contribution in [-0.4, -0.2) is 50.8 Å². The van der Waals surface area contributed by atoms with Gasteiger partial charge in [0.2, 0.25) is 0 Å². The summed E-state index contributed by atoms with van der Waals surface area (Å²) in [6.07, 6.45) is -3.07. The molecule has 2 heterocycles. The van der Waals surface area contributed by atoms with Crippen LogP contribution in [0.25, 0.3) is 11.3 Å². The van der Waals surface area contributed by atoms with Gasteiger partial charge in [-0.15, -0.1) is 0 Å². The number of urea groups is 1. The summed E-state index contributed by atoms with van der Waals surface area (Å²) < 4.78 is 41.5. The number of nitrogens with zero attached hydrogens (tertiary/aromatic N) is 3. The fourth-order valence-corrected chi connectivity index (χ4v) is 5.58. The number of hydrogen-bond acceptors (Lipinski definition) is 4. The standard InChI is InChI=1S/C21H23F3IN5O2S/c1-30(2,3)25-8-10-27-19(32)29(16-6-4-5-15(12-16)21(22,23)24)20-28-17(13-33-20)14-7-9-26-18(31)11-14/h4-7,9,11-13H,8,10H2,1-3H3,(H,26,31)(H,27,32). The number of H-pyrrole nitrogens is 1. The summed E-state index contributed by atoms with van der Waals surface area (Å²) in [5, 5.41) is 4.65. The second kappa shape index (κ2) is 10.2. The summed E-state index contributed by atoms with van der Waals surface area (Å²) >= 11 is 0.881. The maximum absolute atomic E-state index is 13.3. The molecule has 0 saturated carbocycles. The molecule has 2 N–H and O–H groups in total. The van der Waals surface area contributed by atoms with E-state index in [1.54, 1.807) is 11.4 Å². The summed E-state index contributed by atoms with van der Waals surface area (Å²) in [7, 11) is 6.24. The Kier molecular flexibility index (Phi) is 7.80. The zero-order valence-electron chi connectivity index (χ0n) is 18.1. The molecule has 0 aliphatic carbocycles. The van der Waals surface area contributed by atoms with Crippen molar-refractivity contribution in [2.24, 2.45) is 0 Å². The number of alkyl halides is 4. The number of aromatic amines is 1. The number of pyridine rings is 1. The van der Waals surface area contributed by atoms with Crippen LogP contribution < -0.4 is 37.3 Å². The molecule has 1 aromatic carbocycles. The van der Waals surface area contributed by atoms with Gasteiger partial charge < -0.3 is 0 Å². The molecular formula is C21H23F3IN5O2S. The summed E-state index contributed by atoms with van der Waals surface area (Å²) in [6, 6.07) is 7.02. The quantitative estimate of drug-likeness (QED) is 0.186. The zero-order chi connectivity index (χ0) is 24.2. The van der Waals surface area contributed by atoms with Crippen molar-refractivity contribution in [1.82, 2.24) is 15.3 Å². The van der Waals surface area contributed by atoms with Crippen molar-refractivity contribution in [1.29, 1.82) is 0 Å². The van der Waals surface area contributed by atoms with E-state index in [0.29, 0.717) is 17.8 Å². The van der Waals surface area contributed by atoms with Gasteiger partial charge in [-0.1, -0.05) is 0 Å². The predicted octanol–water partition coefficient (Wildman–Crippen LogP) is 1.08. The summed E-state index contributed by atoms with van der Waals surface area (Å²) in [5.41, 5.74) is -0.134. The SMILES string of the molecule is C[N+](C)(C)[I-]CCNC(=O)N(c1cccc(C(F)(F)F)c1)c1nc(-c2cc[nH]c(=O)c2)cs1. The van der Waals surface area contributed by atoms with Crippen LogP contribution in [0, 0.1) is 0 Å². The van der Waals surface area contributed by atoms with E-state index in [4.69, 9.17) is 0 Å². The summed E-state index contributed by atoms with van der Waals surface area (Å²) in [4.78, 5) is 32.8. The molecule has 3 rings (SSSR count). The molecule has 0 radical (unpaired) electrons. The average Bonchev–Trinajstić information content (AvgIpc) is 3.20. The molecule has 0 aliphatic heterocycles. The zero-order valence-corrected chi connectivity index (χ0v) is 21.1. The normalized spacial score (nSPS) is 12.1. The third-order valence-electron chi connectivity index (χ3n) is 4.20. The first-order valence-corrected chi connectivity index (χ1v) is 13.1. The van der Waals surface area contributed by atoms with Crippen molar-refractivity contribution in [2.45, 2.75) is 6.18 Å². The number of amides is 2. The Bertz CT molecular complexity index is 1170. The first-order chi connectivity index (χ1) is 15.4. The molecule has 0 bridgehead atoms. The van der Waals surface area contributed by atoms with Crippen LogP contribution in [0.1, 0.15) is 5.56 Å². The number of nitrogens with one attached hydrogen (secondary N) is 2. The van der Waals surface area contributed by atoms with E-state index in [1.165, 1.54) is 24.4 Å².